The van der Waals surface area contributed by atoms with E-state index in [-0.39, 0.29) is 25.0 Å². The molecule has 4 aromatic rings. The van der Waals surface area contributed by atoms with E-state index < -0.39 is 43.4 Å². The highest BCUT2D eigenvalue weighted by Crippen LogP contribution is 2.26. The van der Waals surface area contributed by atoms with E-state index in [0.29, 0.717) is 65.7 Å². The van der Waals surface area contributed by atoms with E-state index >= 15 is 0 Å². The van der Waals surface area contributed by atoms with Crippen LogP contribution in [-0.4, -0.2) is 119 Å². The average Bonchev–Trinajstić information content (AvgIpc) is 3.95. The van der Waals surface area contributed by atoms with Gasteiger partial charge in [0.1, 0.15) is 19.0 Å². The first-order chi connectivity index (χ1) is 33.4. The zero-order valence-electron chi connectivity index (χ0n) is 38.3. The first-order valence-corrected chi connectivity index (χ1v) is 25.2. The van der Waals surface area contributed by atoms with E-state index in [1.165, 1.54) is 0 Å². The number of ether oxygens (including phenoxy) is 4. The third-order valence-corrected chi connectivity index (χ3v) is 13.0. The molecule has 19 heteroatoms. The Morgan fingerprint density at radius 1 is 0.551 bits per heavy atom. The van der Waals surface area contributed by atoms with Crippen LogP contribution in [0.25, 0.3) is 0 Å². The summed E-state index contributed by atoms with van der Waals surface area (Å²) in [5.74, 6) is 1.11. The van der Waals surface area contributed by atoms with Crippen molar-refractivity contribution in [2.45, 2.75) is 57.2 Å². The summed E-state index contributed by atoms with van der Waals surface area (Å²) >= 11 is 3.31. The number of carbonyl (C=O) groups excluding carboxylic acids is 6. The second-order valence-corrected chi connectivity index (χ2v) is 19.1. The van der Waals surface area contributed by atoms with Crippen LogP contribution in [0.5, 0.6) is 0 Å². The maximum Gasteiger partial charge on any atom is 0.411 e. The van der Waals surface area contributed by atoms with Crippen molar-refractivity contribution < 1.29 is 57.9 Å². The van der Waals surface area contributed by atoms with Gasteiger partial charge in [0, 0.05) is 71.9 Å². The minimum Gasteiger partial charge on any atom is -0.448 e. The van der Waals surface area contributed by atoms with E-state index in [1.54, 1.807) is 72.1 Å². The van der Waals surface area contributed by atoms with Gasteiger partial charge in [0.15, 0.2) is 13.2 Å². The summed E-state index contributed by atoms with van der Waals surface area (Å²) in [6, 6.07) is 28.6. The number of ketones is 1. The van der Waals surface area contributed by atoms with E-state index in [1.807, 2.05) is 53.4 Å². The summed E-state index contributed by atoms with van der Waals surface area (Å²) in [7, 11) is 0. The number of Topliss-reactive ketones (excluding diaryl/α,β-unsaturated/α-hetero) is 1. The van der Waals surface area contributed by atoms with Crippen molar-refractivity contribution in [1.29, 1.82) is 0 Å². The van der Waals surface area contributed by atoms with E-state index in [0.717, 1.165) is 72.5 Å². The number of hydrogen-bond donors (Lipinski definition) is 6. The number of anilines is 4. The molecule has 1 saturated heterocycles. The van der Waals surface area contributed by atoms with Gasteiger partial charge < -0.3 is 34.1 Å². The van der Waals surface area contributed by atoms with Gasteiger partial charge in [0.2, 0.25) is 11.7 Å². The molecule has 17 nitrogen and oxygen atoms in total. The van der Waals surface area contributed by atoms with Gasteiger partial charge in [0.25, 0.3) is 0 Å². The molecule has 69 heavy (non-hydrogen) atoms. The second kappa shape index (κ2) is 27.0. The molecule has 0 aromatic heterocycles. The molecule has 1 saturated carbocycles. The Morgan fingerprint density at radius 3 is 1.33 bits per heavy atom. The number of carbonyl (C=O) groups is 6. The van der Waals surface area contributed by atoms with E-state index in [4.69, 9.17) is 18.9 Å². The Labute approximate surface area is 409 Å². The molecular formula is C50H59N5O12S2. The third kappa shape index (κ3) is 19.0. The lowest BCUT2D eigenvalue weighted by molar-refractivity contribution is -0.206. The lowest BCUT2D eigenvalue weighted by Gasteiger charge is -2.21. The van der Waals surface area contributed by atoms with Crippen molar-refractivity contribution in [2.75, 3.05) is 83.8 Å². The molecule has 2 fully saturated rings. The lowest BCUT2D eigenvalue weighted by Crippen LogP contribution is -2.41. The molecule has 0 radical (unpaired) electrons. The van der Waals surface area contributed by atoms with Crippen molar-refractivity contribution in [1.82, 2.24) is 4.90 Å². The standard InChI is InChI=1S/C50H59N5O12S2/c56-44-4-1-3-39(44)22-27-68-29-25-64-46(58)51-40-14-6-35(7-15-40)31-37-10-18-42(19-11-37)53-48(60)66-33-50(62,63)34-67-49(61)54-43-20-12-38(13-21-43)32-36-8-16-41(17-9-36)52-47(59)65-26-30-69-28-24-55-23-2-5-45(55)57/h6-21,39,62-63H,1-5,22-34H2,(H,51,58)(H,52,59)(H,53,60)(H,54,61). The van der Waals surface area contributed by atoms with Crippen molar-refractivity contribution in [3.05, 3.63) is 119 Å². The van der Waals surface area contributed by atoms with Crippen LogP contribution >= 0.6 is 23.5 Å². The quantitative estimate of drug-likeness (QED) is 0.0220. The molecule has 1 unspecified atom stereocenters. The average molecular weight is 986 g/mol. The van der Waals surface area contributed by atoms with E-state index in [2.05, 4.69) is 21.3 Å². The van der Waals surface area contributed by atoms with Gasteiger partial charge in [-0.15, -0.1) is 0 Å². The molecule has 6 N–H and O–H groups in total. The lowest BCUT2D eigenvalue weighted by atomic mass is 10.0. The van der Waals surface area contributed by atoms with Crippen molar-refractivity contribution in [2.24, 2.45) is 5.92 Å². The third-order valence-electron chi connectivity index (χ3n) is 11.1. The van der Waals surface area contributed by atoms with Crippen molar-refractivity contribution in [3.63, 3.8) is 0 Å². The van der Waals surface area contributed by atoms with Gasteiger partial charge in [-0.1, -0.05) is 48.5 Å². The van der Waals surface area contributed by atoms with Gasteiger partial charge >= 0.3 is 24.4 Å². The van der Waals surface area contributed by atoms with Crippen LogP contribution in [-0.2, 0) is 41.4 Å². The van der Waals surface area contributed by atoms with Crippen LogP contribution in [0.2, 0.25) is 0 Å². The predicted molar refractivity (Wildman–Crippen MR) is 266 cm³/mol. The predicted octanol–water partition coefficient (Wildman–Crippen LogP) is 8.29. The number of nitrogens with zero attached hydrogens (tertiary/aromatic N) is 1. The zero-order valence-corrected chi connectivity index (χ0v) is 39.9. The van der Waals surface area contributed by atoms with Crippen LogP contribution in [0, 0.1) is 5.92 Å². The number of hydrogen-bond acceptors (Lipinski definition) is 14. The van der Waals surface area contributed by atoms with E-state index in [9.17, 15) is 39.0 Å². The molecule has 0 spiro atoms. The highest BCUT2D eigenvalue weighted by Gasteiger charge is 2.28. The number of nitrogens with one attached hydrogen (secondary N) is 4. The van der Waals surface area contributed by atoms with Gasteiger partial charge in [-0.2, -0.15) is 23.5 Å². The Kier molecular flexibility index (Phi) is 20.4. The van der Waals surface area contributed by atoms with Gasteiger partial charge in [-0.05, 0) is 115 Å². The molecule has 2 aliphatic rings. The highest BCUT2D eigenvalue weighted by molar-refractivity contribution is 7.99. The molecule has 6 rings (SSSR count). The maximum absolute atomic E-state index is 12.4. The fourth-order valence-corrected chi connectivity index (χ4v) is 9.05. The Hall–Kier alpha value is -6.28. The van der Waals surface area contributed by atoms with Crippen LogP contribution in [0.4, 0.5) is 41.9 Å². The Balaban J connectivity index is 0.799. The summed E-state index contributed by atoms with van der Waals surface area (Å²) in [6.07, 6.45) is 3.32. The SMILES string of the molecule is O=C(Nc1ccc(Cc2ccc(NC(=O)OCC(O)(O)COC(=O)Nc3ccc(Cc4ccc(NC(=O)OCCSCCN5CCCC5=O)cc4)cc3)cc2)cc1)OCCSCCC1CCCC1=O. The smallest absolute Gasteiger partial charge is 0.411 e. The summed E-state index contributed by atoms with van der Waals surface area (Å²) in [5, 5.41) is 31.0. The minimum atomic E-state index is -2.66. The Morgan fingerprint density at radius 2 is 0.957 bits per heavy atom. The zero-order chi connectivity index (χ0) is 48.9. The highest BCUT2D eigenvalue weighted by atomic mass is 32.2. The number of likely N-dealkylation sites (tertiary alicyclic amines) is 1. The molecule has 1 atom stereocenters. The largest absolute Gasteiger partial charge is 0.448 e. The number of rotatable bonds is 24. The first-order valence-electron chi connectivity index (χ1n) is 22.9. The van der Waals surface area contributed by atoms with Gasteiger partial charge in [-0.3, -0.25) is 30.9 Å². The van der Waals surface area contributed by atoms with Crippen molar-refractivity contribution in [3.8, 4) is 0 Å². The topological polar surface area (TPSA) is 231 Å². The molecule has 4 aromatic carbocycles. The van der Waals surface area contributed by atoms with Crippen LogP contribution < -0.4 is 21.3 Å². The normalized spacial score (nSPS) is 14.5. The molecule has 1 aliphatic carbocycles. The second-order valence-electron chi connectivity index (χ2n) is 16.6. The molecule has 5 amide bonds. The molecule has 368 valence electrons. The summed E-state index contributed by atoms with van der Waals surface area (Å²) in [6.45, 7) is 0.328. The number of aliphatic hydroxyl groups is 2. The Bertz CT molecular complexity index is 2160. The molecule has 0 bridgehead atoms. The summed E-state index contributed by atoms with van der Waals surface area (Å²) in [5.41, 5.74) is 5.87. The van der Waals surface area contributed by atoms with Crippen LogP contribution in [0.15, 0.2) is 97.1 Å². The molecule has 1 aliphatic heterocycles. The van der Waals surface area contributed by atoms with Gasteiger partial charge in [-0.25, -0.2) is 19.2 Å². The van der Waals surface area contributed by atoms with Gasteiger partial charge in [0.05, 0.1) is 0 Å². The minimum absolute atomic E-state index is 0.198. The molecular weight excluding hydrogens is 927 g/mol. The number of amides is 5. The summed E-state index contributed by atoms with van der Waals surface area (Å²) in [4.78, 5) is 74.5. The first kappa shape index (κ1) is 52.1. The fraction of sp³-hybridized carbons (Fsp3) is 0.400. The fourth-order valence-electron chi connectivity index (χ4n) is 7.44. The maximum atomic E-state index is 12.4. The monoisotopic (exact) mass is 985 g/mol. The summed E-state index contributed by atoms with van der Waals surface area (Å²) < 4.78 is 20.5. The van der Waals surface area contributed by atoms with Crippen LogP contribution in [0.3, 0.4) is 0 Å². The van der Waals surface area contributed by atoms with Crippen molar-refractivity contribution >= 4 is 82.3 Å². The molecule has 1 heterocycles. The number of thioether (sulfide) groups is 2. The number of benzene rings is 4. The van der Waals surface area contributed by atoms with Crippen LogP contribution in [0.1, 0.15) is 60.8 Å².